The first-order valence-corrected chi connectivity index (χ1v) is 8.79. The average Bonchev–Trinajstić information content (AvgIpc) is 2.90. The molecule has 0 aromatic carbocycles. The van der Waals surface area contributed by atoms with Crippen LogP contribution in [0.5, 0.6) is 0 Å². The smallest absolute Gasteiger partial charge is 0.405 e. The number of rotatable bonds is 4. The maximum absolute atomic E-state index is 11.9. The molecule has 0 aromatic rings. The van der Waals surface area contributed by atoms with E-state index in [0.717, 1.165) is 0 Å². The van der Waals surface area contributed by atoms with Crippen LogP contribution in [-0.2, 0) is 15.0 Å². The van der Waals surface area contributed by atoms with Gasteiger partial charge in [0.05, 0.1) is 6.54 Å². The van der Waals surface area contributed by atoms with Gasteiger partial charge in [-0.25, -0.2) is 33.5 Å². The highest BCUT2D eigenvalue weighted by atomic mass is 32.2. The van der Waals surface area contributed by atoms with Crippen molar-refractivity contribution in [1.82, 2.24) is 29.5 Å². The molecule has 2 heterocycles. The molecule has 0 aliphatic carbocycles. The van der Waals surface area contributed by atoms with Crippen molar-refractivity contribution in [3.8, 4) is 0 Å². The van der Waals surface area contributed by atoms with Gasteiger partial charge in [-0.1, -0.05) is 0 Å². The molecule has 2 aliphatic rings. The Kier molecular flexibility index (Phi) is 5.20. The Bertz CT molecular complexity index is 767. The number of likely N-dealkylation sites (N-methyl/N-ethyl adjacent to an activating group) is 1. The van der Waals surface area contributed by atoms with Crippen LogP contribution in [0, 0.1) is 0 Å². The number of carbonyl (C=O) groups excluding carboxylic acids is 4. The minimum absolute atomic E-state index is 0.0187. The van der Waals surface area contributed by atoms with Crippen LogP contribution < -0.4 is 14.8 Å². The van der Waals surface area contributed by atoms with E-state index in [0.29, 0.717) is 16.3 Å². The van der Waals surface area contributed by atoms with Crippen LogP contribution in [0.1, 0.15) is 6.92 Å². The maximum atomic E-state index is 11.9. The molecule has 0 radical (unpaired) electrons. The third-order valence-corrected chi connectivity index (χ3v) is 4.52. The zero-order chi connectivity index (χ0) is 19.6. The molecule has 8 amide bonds. The highest BCUT2D eigenvalue weighted by molar-refractivity contribution is 7.88. The van der Waals surface area contributed by atoms with E-state index in [4.69, 9.17) is 5.11 Å². The standard InChI is InChI=1S/C11H16N6O8S/c1-2-15-3-4-16(11(15)23)8(19)13-26(24,25)14-9(20)17-5-6(7(17)18)12-10(21)22/h6,12H,2-5H2,1H3,(H,13,19)(H,14,20)(H,21,22)/t6-/m0/s1. The third kappa shape index (κ3) is 3.93. The second-order valence-electron chi connectivity index (χ2n) is 5.28. The number of amides is 8. The fourth-order valence-corrected chi connectivity index (χ4v) is 3.03. The number of β-lactam (4-membered cyclic amide) rings is 1. The second-order valence-corrected chi connectivity index (χ2v) is 6.70. The van der Waals surface area contributed by atoms with Crippen molar-refractivity contribution < 1.29 is 37.5 Å². The zero-order valence-electron chi connectivity index (χ0n) is 13.5. The molecule has 0 unspecified atom stereocenters. The van der Waals surface area contributed by atoms with Gasteiger partial charge in [0, 0.05) is 19.6 Å². The van der Waals surface area contributed by atoms with Crippen LogP contribution in [-0.4, -0.2) is 90.5 Å². The number of urea groups is 3. The van der Waals surface area contributed by atoms with Gasteiger partial charge < -0.3 is 15.3 Å². The molecule has 1 atom stereocenters. The molecule has 0 aromatic heterocycles. The highest BCUT2D eigenvalue weighted by Crippen LogP contribution is 2.11. The summed E-state index contributed by atoms with van der Waals surface area (Å²) < 4.78 is 26.6. The van der Waals surface area contributed by atoms with Crippen LogP contribution in [0.3, 0.4) is 0 Å². The van der Waals surface area contributed by atoms with Gasteiger partial charge in [-0.15, -0.1) is 0 Å². The SMILES string of the molecule is CCN1CCN(C(=O)NS(=O)(=O)NC(=O)N2C[C@H](NC(=O)O)C2=O)C1=O. The topological polar surface area (TPSA) is 186 Å². The van der Waals surface area contributed by atoms with Gasteiger partial charge in [0.2, 0.25) is 0 Å². The molecule has 144 valence electrons. The fourth-order valence-electron chi connectivity index (χ4n) is 2.30. The van der Waals surface area contributed by atoms with Crippen molar-refractivity contribution in [2.75, 3.05) is 26.2 Å². The van der Waals surface area contributed by atoms with E-state index < -0.39 is 46.3 Å². The van der Waals surface area contributed by atoms with Crippen LogP contribution in [0.15, 0.2) is 0 Å². The molecule has 0 saturated carbocycles. The number of likely N-dealkylation sites (tertiary alicyclic amines) is 1. The van der Waals surface area contributed by atoms with Gasteiger partial charge in [-0.3, -0.25) is 9.69 Å². The van der Waals surface area contributed by atoms with Crippen molar-refractivity contribution in [3.05, 3.63) is 0 Å². The van der Waals surface area contributed by atoms with Crippen LogP contribution in [0.2, 0.25) is 0 Å². The van der Waals surface area contributed by atoms with E-state index in [9.17, 15) is 32.4 Å². The molecule has 15 heteroatoms. The summed E-state index contributed by atoms with van der Waals surface area (Å²) in [7, 11) is -4.69. The highest BCUT2D eigenvalue weighted by Gasteiger charge is 2.43. The molecule has 2 saturated heterocycles. The maximum Gasteiger partial charge on any atom is 0.405 e. The van der Waals surface area contributed by atoms with E-state index >= 15 is 0 Å². The Labute approximate surface area is 147 Å². The van der Waals surface area contributed by atoms with E-state index in [1.807, 2.05) is 5.32 Å². The number of imide groups is 2. The molecular weight excluding hydrogens is 376 g/mol. The Morgan fingerprint density at radius 1 is 1.12 bits per heavy atom. The second kappa shape index (κ2) is 7.03. The largest absolute Gasteiger partial charge is 0.465 e. The molecular formula is C11H16N6O8S. The van der Waals surface area contributed by atoms with Gasteiger partial charge in [0.15, 0.2) is 0 Å². The summed E-state index contributed by atoms with van der Waals surface area (Å²) in [5.74, 6) is -0.945. The van der Waals surface area contributed by atoms with Crippen LogP contribution in [0.25, 0.3) is 0 Å². The summed E-state index contributed by atoms with van der Waals surface area (Å²) >= 11 is 0. The summed E-state index contributed by atoms with van der Waals surface area (Å²) in [6, 6.07) is -4.43. The summed E-state index contributed by atoms with van der Waals surface area (Å²) in [6.07, 6.45) is -1.47. The van der Waals surface area contributed by atoms with Gasteiger partial charge in [0.25, 0.3) is 5.91 Å². The monoisotopic (exact) mass is 392 g/mol. The number of hydrogen-bond acceptors (Lipinski definition) is 7. The molecule has 0 bridgehead atoms. The Morgan fingerprint density at radius 3 is 2.15 bits per heavy atom. The number of carbonyl (C=O) groups is 5. The zero-order valence-corrected chi connectivity index (χ0v) is 14.3. The number of nitrogens with zero attached hydrogens (tertiary/aromatic N) is 3. The lowest BCUT2D eigenvalue weighted by atomic mass is 10.1. The van der Waals surface area contributed by atoms with E-state index in [1.54, 1.807) is 6.92 Å². The minimum atomic E-state index is -4.69. The lowest BCUT2D eigenvalue weighted by Crippen LogP contribution is -2.67. The predicted octanol–water partition coefficient (Wildman–Crippen LogP) is -2.11. The van der Waals surface area contributed by atoms with Crippen molar-refractivity contribution in [2.24, 2.45) is 0 Å². The average molecular weight is 392 g/mol. The first-order valence-electron chi connectivity index (χ1n) is 7.31. The van der Waals surface area contributed by atoms with E-state index in [2.05, 4.69) is 0 Å². The minimum Gasteiger partial charge on any atom is -0.465 e. The molecule has 2 fully saturated rings. The van der Waals surface area contributed by atoms with Gasteiger partial charge in [-0.2, -0.15) is 8.42 Å². The third-order valence-electron chi connectivity index (χ3n) is 3.64. The molecule has 0 spiro atoms. The van der Waals surface area contributed by atoms with Gasteiger partial charge >= 0.3 is 34.4 Å². The van der Waals surface area contributed by atoms with Crippen molar-refractivity contribution in [1.29, 1.82) is 0 Å². The fraction of sp³-hybridized carbons (Fsp3) is 0.545. The van der Waals surface area contributed by atoms with Crippen LogP contribution in [0.4, 0.5) is 19.2 Å². The van der Waals surface area contributed by atoms with Gasteiger partial charge in [0.1, 0.15) is 6.04 Å². The van der Waals surface area contributed by atoms with Crippen molar-refractivity contribution >= 4 is 40.3 Å². The molecule has 2 aliphatic heterocycles. The van der Waals surface area contributed by atoms with Crippen molar-refractivity contribution in [3.63, 3.8) is 0 Å². The lowest BCUT2D eigenvalue weighted by molar-refractivity contribution is -0.138. The number of hydrogen-bond donors (Lipinski definition) is 4. The first kappa shape index (κ1) is 19.2. The normalized spacial score (nSPS) is 19.9. The van der Waals surface area contributed by atoms with Crippen LogP contribution >= 0.6 is 0 Å². The molecule has 4 N–H and O–H groups in total. The Balaban J connectivity index is 1.90. The van der Waals surface area contributed by atoms with E-state index in [-0.39, 0.29) is 19.6 Å². The molecule has 26 heavy (non-hydrogen) atoms. The molecule has 2 rings (SSSR count). The number of nitrogens with one attached hydrogen (secondary N) is 3. The van der Waals surface area contributed by atoms with E-state index in [1.165, 1.54) is 14.3 Å². The summed E-state index contributed by atoms with van der Waals surface area (Å²) in [6.45, 7) is 1.89. The van der Waals surface area contributed by atoms with Gasteiger partial charge in [-0.05, 0) is 6.92 Å². The Morgan fingerprint density at radius 2 is 1.69 bits per heavy atom. The predicted molar refractivity (Wildman–Crippen MR) is 82.0 cm³/mol. The number of carboxylic acid groups (broad SMARTS) is 1. The summed E-state index contributed by atoms with van der Waals surface area (Å²) in [4.78, 5) is 59.9. The first-order chi connectivity index (χ1) is 12.1. The molecule has 14 nitrogen and oxygen atoms in total. The quantitative estimate of drug-likeness (QED) is 0.391. The van der Waals surface area contributed by atoms with Crippen molar-refractivity contribution in [2.45, 2.75) is 13.0 Å². The lowest BCUT2D eigenvalue weighted by Gasteiger charge is -2.35. The Hall–Kier alpha value is -3.10. The summed E-state index contributed by atoms with van der Waals surface area (Å²) in [5.41, 5.74) is 0. The summed E-state index contributed by atoms with van der Waals surface area (Å²) in [5, 5.41) is 10.3.